The Morgan fingerprint density at radius 3 is 3.12 bits per heavy atom. The van der Waals surface area contributed by atoms with Crippen molar-refractivity contribution in [2.45, 2.75) is 0 Å². The molecule has 7 nitrogen and oxygen atoms in total. The van der Waals surface area contributed by atoms with Crippen LogP contribution in [0.15, 0.2) is 29.6 Å². The van der Waals surface area contributed by atoms with Crippen LogP contribution in [0.5, 0.6) is 0 Å². The first kappa shape index (κ1) is 10.3. The minimum absolute atomic E-state index is 0.319. The van der Waals surface area contributed by atoms with Crippen molar-refractivity contribution in [3.63, 3.8) is 0 Å². The van der Waals surface area contributed by atoms with Gasteiger partial charge in [-0.3, -0.25) is 4.98 Å². The first-order valence-electron chi connectivity index (χ1n) is 4.39. The van der Waals surface area contributed by atoms with E-state index >= 15 is 0 Å². The molecular formula is C8H9N7S. The van der Waals surface area contributed by atoms with E-state index in [1.807, 2.05) is 12.1 Å². The highest BCUT2D eigenvalue weighted by Crippen LogP contribution is 1.98. The molecule has 0 bridgehead atoms. The average Bonchev–Trinajstić information content (AvgIpc) is 2.62. The van der Waals surface area contributed by atoms with Crippen LogP contribution in [0.4, 0.5) is 5.95 Å². The maximum Gasteiger partial charge on any atom is 0.262 e. The van der Waals surface area contributed by atoms with Crippen LogP contribution in [-0.4, -0.2) is 26.1 Å². The Labute approximate surface area is 96.0 Å². The van der Waals surface area contributed by atoms with Gasteiger partial charge in [-0.15, -0.1) is 5.10 Å². The molecule has 2 rings (SSSR count). The minimum atomic E-state index is 0.319. The van der Waals surface area contributed by atoms with Crippen molar-refractivity contribution in [2.75, 3.05) is 11.3 Å². The molecule has 0 unspecified atom stereocenters. The van der Waals surface area contributed by atoms with Crippen molar-refractivity contribution >= 4 is 24.4 Å². The summed E-state index contributed by atoms with van der Waals surface area (Å²) < 4.78 is 1.51. The molecule has 82 valence electrons. The van der Waals surface area contributed by atoms with Gasteiger partial charge >= 0.3 is 0 Å². The Balaban J connectivity index is 2.06. The summed E-state index contributed by atoms with van der Waals surface area (Å²) in [6, 6.07) is 3.69. The zero-order chi connectivity index (χ0) is 11.4. The summed E-state index contributed by atoms with van der Waals surface area (Å²) in [5.41, 5.74) is 3.52. The molecule has 4 N–H and O–H groups in total. The second-order valence-electron chi connectivity index (χ2n) is 2.88. The van der Waals surface area contributed by atoms with Crippen molar-refractivity contribution in [3.8, 4) is 0 Å². The Bertz CT molecular complexity index is 541. The fourth-order valence-electron chi connectivity index (χ4n) is 1.00. The summed E-state index contributed by atoms with van der Waals surface area (Å²) in [6.07, 6.45) is 4.98. The van der Waals surface area contributed by atoms with Crippen LogP contribution < -0.4 is 11.3 Å². The van der Waals surface area contributed by atoms with Crippen molar-refractivity contribution in [1.82, 2.24) is 19.9 Å². The van der Waals surface area contributed by atoms with Crippen LogP contribution in [0.2, 0.25) is 0 Å². The molecule has 0 saturated carbocycles. The van der Waals surface area contributed by atoms with Gasteiger partial charge in [0.25, 0.3) is 5.95 Å². The summed E-state index contributed by atoms with van der Waals surface area (Å²) in [5, 5.41) is 10.3. The SMILES string of the molecule is Nn1c(N/N=C/c2cccnc2)n[nH]c1=S. The monoisotopic (exact) mass is 235 g/mol. The zero-order valence-electron chi connectivity index (χ0n) is 8.16. The largest absolute Gasteiger partial charge is 0.334 e. The highest BCUT2D eigenvalue weighted by atomic mass is 32.1. The maximum atomic E-state index is 5.55. The number of hydrogen-bond donors (Lipinski definition) is 3. The maximum absolute atomic E-state index is 5.55. The Morgan fingerprint density at radius 1 is 1.62 bits per heavy atom. The second-order valence-corrected chi connectivity index (χ2v) is 3.27. The van der Waals surface area contributed by atoms with Gasteiger partial charge in [-0.25, -0.2) is 10.5 Å². The molecule has 0 aliphatic carbocycles. The van der Waals surface area contributed by atoms with Gasteiger partial charge in [0.15, 0.2) is 0 Å². The Kier molecular flexibility index (Phi) is 2.92. The summed E-state index contributed by atoms with van der Waals surface area (Å²) in [5.74, 6) is 5.89. The molecule has 0 spiro atoms. The molecule has 0 saturated heterocycles. The number of H-pyrrole nitrogens is 1. The smallest absolute Gasteiger partial charge is 0.262 e. The highest BCUT2D eigenvalue weighted by molar-refractivity contribution is 7.71. The van der Waals surface area contributed by atoms with E-state index in [-0.39, 0.29) is 0 Å². The molecule has 16 heavy (non-hydrogen) atoms. The predicted octanol–water partition coefficient (Wildman–Crippen LogP) is 0.495. The van der Waals surface area contributed by atoms with E-state index in [2.05, 4.69) is 25.7 Å². The van der Waals surface area contributed by atoms with E-state index in [0.717, 1.165) is 5.56 Å². The quantitative estimate of drug-likeness (QED) is 0.311. The zero-order valence-corrected chi connectivity index (χ0v) is 8.98. The molecule has 0 fully saturated rings. The van der Waals surface area contributed by atoms with E-state index < -0.39 is 0 Å². The summed E-state index contributed by atoms with van der Waals surface area (Å²) in [4.78, 5) is 3.94. The van der Waals surface area contributed by atoms with E-state index in [1.165, 1.54) is 4.68 Å². The molecule has 2 aromatic rings. The number of nitrogens with two attached hydrogens (primary N) is 1. The number of rotatable bonds is 3. The van der Waals surface area contributed by atoms with Crippen LogP contribution in [0.3, 0.4) is 0 Å². The van der Waals surface area contributed by atoms with Crippen LogP contribution in [0.1, 0.15) is 5.56 Å². The van der Waals surface area contributed by atoms with E-state index in [0.29, 0.717) is 10.7 Å². The van der Waals surface area contributed by atoms with Gasteiger partial charge in [-0.2, -0.15) is 9.78 Å². The van der Waals surface area contributed by atoms with Gasteiger partial charge in [0.1, 0.15) is 0 Å². The number of aromatic amines is 1. The molecule has 2 aromatic heterocycles. The van der Waals surface area contributed by atoms with Crippen molar-refractivity contribution in [3.05, 3.63) is 34.9 Å². The van der Waals surface area contributed by atoms with E-state index in [9.17, 15) is 0 Å². The van der Waals surface area contributed by atoms with Crippen molar-refractivity contribution in [2.24, 2.45) is 5.10 Å². The summed E-state index contributed by atoms with van der Waals surface area (Å²) in [6.45, 7) is 0. The van der Waals surface area contributed by atoms with E-state index in [1.54, 1.807) is 18.6 Å². The summed E-state index contributed by atoms with van der Waals surface area (Å²) >= 11 is 4.84. The molecule has 0 atom stereocenters. The lowest BCUT2D eigenvalue weighted by atomic mass is 10.3. The van der Waals surface area contributed by atoms with Crippen LogP contribution in [0.25, 0.3) is 0 Å². The van der Waals surface area contributed by atoms with Gasteiger partial charge in [0, 0.05) is 18.0 Å². The third kappa shape index (κ3) is 2.23. The number of hydrogen-bond acceptors (Lipinski definition) is 6. The lowest BCUT2D eigenvalue weighted by molar-refractivity contribution is 0.971. The fraction of sp³-hybridized carbons (Fsp3) is 0. The third-order valence-electron chi connectivity index (χ3n) is 1.77. The molecular weight excluding hydrogens is 226 g/mol. The van der Waals surface area contributed by atoms with Gasteiger partial charge in [-0.05, 0) is 18.3 Å². The number of anilines is 1. The molecule has 0 aliphatic heterocycles. The van der Waals surface area contributed by atoms with Gasteiger partial charge in [0.2, 0.25) is 4.77 Å². The van der Waals surface area contributed by atoms with Gasteiger partial charge in [0.05, 0.1) is 6.21 Å². The van der Waals surface area contributed by atoms with Gasteiger partial charge in [-0.1, -0.05) is 6.07 Å². The standard InChI is InChI=1S/C8H9N7S/c9-15-7(13-14-8(15)16)12-11-5-6-2-1-3-10-4-6/h1-5H,9H2,(H,12,13)(H,14,16)/b11-5+. The number of hydrazone groups is 1. The third-order valence-corrected chi connectivity index (χ3v) is 2.06. The number of nitrogens with one attached hydrogen (secondary N) is 2. The van der Waals surface area contributed by atoms with Crippen LogP contribution >= 0.6 is 12.2 Å². The molecule has 0 radical (unpaired) electrons. The van der Waals surface area contributed by atoms with Crippen LogP contribution in [0, 0.1) is 4.77 Å². The first-order chi connectivity index (χ1) is 7.77. The molecule has 0 aliphatic rings. The summed E-state index contributed by atoms with van der Waals surface area (Å²) in [7, 11) is 0. The molecule has 0 amide bonds. The lowest BCUT2D eigenvalue weighted by Crippen LogP contribution is -2.11. The topological polar surface area (TPSA) is 96.9 Å². The van der Waals surface area contributed by atoms with Crippen molar-refractivity contribution in [1.29, 1.82) is 0 Å². The fourth-order valence-corrected chi connectivity index (χ4v) is 1.13. The first-order valence-corrected chi connectivity index (χ1v) is 4.80. The van der Waals surface area contributed by atoms with Crippen LogP contribution in [-0.2, 0) is 0 Å². The average molecular weight is 235 g/mol. The predicted molar refractivity (Wildman–Crippen MR) is 63.0 cm³/mol. The second kappa shape index (κ2) is 4.53. The Hall–Kier alpha value is -2.22. The number of nitrogens with zero attached hydrogens (tertiary/aromatic N) is 4. The number of aromatic nitrogens is 4. The molecule has 8 heteroatoms. The van der Waals surface area contributed by atoms with E-state index in [4.69, 9.17) is 18.1 Å². The molecule has 0 aromatic carbocycles. The normalized spacial score (nSPS) is 10.8. The number of pyridine rings is 1. The number of nitrogen functional groups attached to an aromatic ring is 1. The highest BCUT2D eigenvalue weighted by Gasteiger charge is 1.98. The van der Waals surface area contributed by atoms with Crippen molar-refractivity contribution < 1.29 is 0 Å². The Morgan fingerprint density at radius 2 is 2.50 bits per heavy atom. The van der Waals surface area contributed by atoms with Gasteiger partial charge < -0.3 is 5.84 Å². The minimum Gasteiger partial charge on any atom is -0.334 e. The molecule has 2 heterocycles. The lowest BCUT2D eigenvalue weighted by Gasteiger charge is -1.97.